The number of likely N-dealkylation sites (tertiary alicyclic amines) is 1. The molecule has 0 saturated carbocycles. The molecule has 36 heavy (non-hydrogen) atoms. The Kier molecular flexibility index (Phi) is 8.33. The van der Waals surface area contributed by atoms with Crippen molar-refractivity contribution in [1.82, 2.24) is 15.1 Å². The van der Waals surface area contributed by atoms with Crippen LogP contribution in [-0.4, -0.2) is 66.0 Å². The third kappa shape index (κ3) is 6.48. The summed E-state index contributed by atoms with van der Waals surface area (Å²) >= 11 is -0.135. The van der Waals surface area contributed by atoms with Gasteiger partial charge in [0.25, 0.3) is 0 Å². The van der Waals surface area contributed by atoms with Gasteiger partial charge in [-0.1, -0.05) is 30.2 Å². The van der Waals surface area contributed by atoms with E-state index in [1.807, 2.05) is 0 Å². The van der Waals surface area contributed by atoms with Gasteiger partial charge in [-0.25, -0.2) is 0 Å². The highest BCUT2D eigenvalue weighted by Gasteiger charge is 2.45. The zero-order valence-electron chi connectivity index (χ0n) is 20.9. The SMILES string of the molecule is O=C(Cc1ccc(SC(F)(F)F)cc1)NCCCCN1CCCC2=C[C@H]3C[C@H](CN4CCCC[C@H]34)[C@@H]21. The molecule has 4 nitrogen and oxygen atoms in total. The van der Waals surface area contributed by atoms with Crippen LogP contribution < -0.4 is 5.32 Å². The molecule has 4 atom stereocenters. The number of piperidine rings is 3. The molecule has 2 bridgehead atoms. The number of carbonyl (C=O) groups is 1. The molecule has 198 valence electrons. The van der Waals surface area contributed by atoms with Gasteiger partial charge in [0.1, 0.15) is 0 Å². The molecule has 0 radical (unpaired) electrons. The Morgan fingerprint density at radius 3 is 2.72 bits per heavy atom. The van der Waals surface area contributed by atoms with Crippen LogP contribution in [0, 0.1) is 11.8 Å². The van der Waals surface area contributed by atoms with E-state index in [2.05, 4.69) is 21.2 Å². The lowest BCUT2D eigenvalue weighted by atomic mass is 9.68. The van der Waals surface area contributed by atoms with Gasteiger partial charge in [-0.05, 0) is 106 Å². The predicted molar refractivity (Wildman–Crippen MR) is 138 cm³/mol. The van der Waals surface area contributed by atoms with Gasteiger partial charge in [0.05, 0.1) is 6.42 Å². The number of carbonyl (C=O) groups excluding carboxylic acids is 1. The molecule has 3 heterocycles. The van der Waals surface area contributed by atoms with Crippen molar-refractivity contribution in [2.75, 3.05) is 32.7 Å². The van der Waals surface area contributed by atoms with Gasteiger partial charge in [0, 0.05) is 30.1 Å². The fraction of sp³-hybridized carbons (Fsp3) is 0.679. The summed E-state index contributed by atoms with van der Waals surface area (Å²) in [6.45, 7) is 5.46. The summed E-state index contributed by atoms with van der Waals surface area (Å²) in [6.07, 6.45) is 12.9. The molecule has 1 N–H and O–H groups in total. The molecule has 1 aliphatic carbocycles. The van der Waals surface area contributed by atoms with E-state index >= 15 is 0 Å². The van der Waals surface area contributed by atoms with Crippen molar-refractivity contribution >= 4 is 17.7 Å². The van der Waals surface area contributed by atoms with Crippen molar-refractivity contribution in [1.29, 1.82) is 0 Å². The van der Waals surface area contributed by atoms with Gasteiger partial charge in [-0.2, -0.15) is 13.2 Å². The summed E-state index contributed by atoms with van der Waals surface area (Å²) in [6, 6.07) is 7.45. The van der Waals surface area contributed by atoms with E-state index in [0.717, 1.165) is 42.8 Å². The van der Waals surface area contributed by atoms with Crippen LogP contribution in [0.15, 0.2) is 40.8 Å². The van der Waals surface area contributed by atoms with E-state index in [-0.39, 0.29) is 29.0 Å². The first-order valence-corrected chi connectivity index (χ1v) is 14.5. The Morgan fingerprint density at radius 1 is 1.08 bits per heavy atom. The van der Waals surface area contributed by atoms with Crippen LogP contribution in [0.25, 0.3) is 0 Å². The van der Waals surface area contributed by atoms with Crippen molar-refractivity contribution in [2.24, 2.45) is 11.8 Å². The van der Waals surface area contributed by atoms with E-state index in [9.17, 15) is 18.0 Å². The first-order valence-electron chi connectivity index (χ1n) is 13.7. The van der Waals surface area contributed by atoms with Crippen LogP contribution in [0.5, 0.6) is 0 Å². The Morgan fingerprint density at radius 2 is 1.92 bits per heavy atom. The molecule has 3 saturated heterocycles. The Bertz CT molecular complexity index is 935. The molecule has 3 aliphatic heterocycles. The van der Waals surface area contributed by atoms with Crippen LogP contribution >= 0.6 is 11.8 Å². The number of fused-ring (bicyclic) bond motifs is 6. The van der Waals surface area contributed by atoms with E-state index in [1.165, 1.54) is 70.3 Å². The van der Waals surface area contributed by atoms with Crippen LogP contribution in [-0.2, 0) is 11.2 Å². The van der Waals surface area contributed by atoms with Gasteiger partial charge in [0.2, 0.25) is 5.91 Å². The fourth-order valence-corrected chi connectivity index (χ4v) is 7.60. The molecule has 1 aromatic rings. The van der Waals surface area contributed by atoms with Gasteiger partial charge < -0.3 is 5.32 Å². The number of nitrogens with one attached hydrogen (secondary N) is 1. The van der Waals surface area contributed by atoms with Crippen molar-refractivity contribution in [2.45, 2.75) is 80.3 Å². The number of hydrogen-bond donors (Lipinski definition) is 1. The molecule has 0 spiro atoms. The number of halogens is 3. The van der Waals surface area contributed by atoms with E-state index in [1.54, 1.807) is 17.7 Å². The smallest absolute Gasteiger partial charge is 0.356 e. The monoisotopic (exact) mass is 521 g/mol. The number of hydrogen-bond acceptors (Lipinski definition) is 4. The highest BCUT2D eigenvalue weighted by Crippen LogP contribution is 2.45. The second kappa shape index (κ2) is 11.5. The third-order valence-electron chi connectivity index (χ3n) is 8.48. The maximum atomic E-state index is 12.5. The number of alkyl halides is 3. The van der Waals surface area contributed by atoms with Gasteiger partial charge in [-0.3, -0.25) is 14.6 Å². The molecule has 1 aromatic carbocycles. The van der Waals surface area contributed by atoms with Crippen molar-refractivity contribution in [3.8, 4) is 0 Å². The molecule has 0 aromatic heterocycles. The van der Waals surface area contributed by atoms with Crippen LogP contribution in [0.3, 0.4) is 0 Å². The lowest BCUT2D eigenvalue weighted by molar-refractivity contribution is -0.120. The summed E-state index contributed by atoms with van der Waals surface area (Å²) in [5.74, 6) is 1.46. The average molecular weight is 522 g/mol. The van der Waals surface area contributed by atoms with Gasteiger partial charge in [0.15, 0.2) is 0 Å². The maximum Gasteiger partial charge on any atom is 0.446 e. The number of unbranched alkanes of at least 4 members (excludes halogenated alkanes) is 1. The van der Waals surface area contributed by atoms with Crippen molar-refractivity contribution in [3.63, 3.8) is 0 Å². The molecular formula is C28H38F3N3OS. The number of thioether (sulfide) groups is 1. The second-order valence-electron chi connectivity index (χ2n) is 11.0. The molecule has 1 amide bonds. The van der Waals surface area contributed by atoms with Crippen LogP contribution in [0.4, 0.5) is 13.2 Å². The minimum Gasteiger partial charge on any atom is -0.356 e. The summed E-state index contributed by atoms with van der Waals surface area (Å²) in [4.78, 5) is 18.0. The minimum atomic E-state index is -4.29. The Hall–Kier alpha value is -1.51. The highest BCUT2D eigenvalue weighted by molar-refractivity contribution is 8.00. The van der Waals surface area contributed by atoms with Crippen molar-refractivity contribution < 1.29 is 18.0 Å². The van der Waals surface area contributed by atoms with Crippen LogP contribution in [0.2, 0.25) is 0 Å². The van der Waals surface area contributed by atoms with E-state index in [0.29, 0.717) is 12.6 Å². The topological polar surface area (TPSA) is 35.6 Å². The first kappa shape index (κ1) is 26.1. The molecule has 5 rings (SSSR count). The number of amides is 1. The third-order valence-corrected chi connectivity index (χ3v) is 9.22. The minimum absolute atomic E-state index is 0.0777. The summed E-state index contributed by atoms with van der Waals surface area (Å²) in [5, 5.41) is 2.98. The predicted octanol–water partition coefficient (Wildman–Crippen LogP) is 5.63. The molecule has 8 heteroatoms. The van der Waals surface area contributed by atoms with E-state index < -0.39 is 5.51 Å². The van der Waals surface area contributed by atoms with E-state index in [4.69, 9.17) is 0 Å². The normalized spacial score (nSPS) is 28.7. The largest absolute Gasteiger partial charge is 0.446 e. The zero-order chi connectivity index (χ0) is 25.1. The standard InChI is InChI=1S/C28H38F3N3OS/c29-28(30,31)36-24-10-8-20(9-11-24)16-26(35)32-12-2-4-13-33-15-5-6-21-17-22-18-23(27(21)33)19-34-14-3-1-7-25(22)34/h8-11,17,22-23,25,27H,1-7,12-16,18-19H2,(H,32,35)/t22-,23+,25+,27+/m0/s1. The number of benzene rings is 1. The zero-order valence-corrected chi connectivity index (χ0v) is 21.8. The van der Waals surface area contributed by atoms with Crippen LogP contribution in [0.1, 0.15) is 56.9 Å². The maximum absolute atomic E-state index is 12.5. The first-order chi connectivity index (χ1) is 17.4. The molecular weight excluding hydrogens is 483 g/mol. The lowest BCUT2D eigenvalue weighted by Gasteiger charge is -2.55. The second-order valence-corrected chi connectivity index (χ2v) is 12.1. The summed E-state index contributed by atoms with van der Waals surface area (Å²) in [7, 11) is 0. The summed E-state index contributed by atoms with van der Waals surface area (Å²) in [5.41, 5.74) is -1.86. The molecule has 4 aliphatic rings. The fourth-order valence-electron chi connectivity index (χ4n) is 7.06. The summed E-state index contributed by atoms with van der Waals surface area (Å²) < 4.78 is 37.4. The number of rotatable bonds is 8. The van der Waals surface area contributed by atoms with Gasteiger partial charge in [-0.15, -0.1) is 0 Å². The molecule has 3 fully saturated rings. The quantitative estimate of drug-likeness (QED) is 0.273. The lowest BCUT2D eigenvalue weighted by Crippen LogP contribution is -2.59. The average Bonchev–Trinajstić information content (AvgIpc) is 2.84. The van der Waals surface area contributed by atoms with Gasteiger partial charge >= 0.3 is 5.51 Å². The highest BCUT2D eigenvalue weighted by atomic mass is 32.2. The molecule has 0 unspecified atom stereocenters. The Balaban J connectivity index is 1.05. The Labute approximate surface area is 217 Å². The number of nitrogens with zero attached hydrogens (tertiary/aromatic N) is 2. The van der Waals surface area contributed by atoms with Crippen molar-refractivity contribution in [3.05, 3.63) is 41.5 Å².